The van der Waals surface area contributed by atoms with E-state index in [9.17, 15) is 0 Å². The maximum absolute atomic E-state index is 4.81. The van der Waals surface area contributed by atoms with Crippen LogP contribution in [0.15, 0.2) is 42.2 Å². The Morgan fingerprint density at radius 3 is 3.05 bits per heavy atom. The number of aryl methyl sites for hydroxylation is 2. The van der Waals surface area contributed by atoms with Gasteiger partial charge in [-0.1, -0.05) is 36.0 Å². The minimum absolute atomic E-state index is 0. The molecule has 0 fully saturated rings. The fourth-order valence-electron chi connectivity index (χ4n) is 2.67. The zero-order chi connectivity index (χ0) is 14.3. The molecule has 3 rings (SSSR count). The normalized spacial score (nSPS) is 17.4. The van der Waals surface area contributed by atoms with E-state index >= 15 is 0 Å². The van der Waals surface area contributed by atoms with Crippen molar-refractivity contribution in [2.75, 3.05) is 0 Å². The van der Waals surface area contributed by atoms with Gasteiger partial charge in [0.05, 0.1) is 0 Å². The highest BCUT2D eigenvalue weighted by molar-refractivity contribution is 5.27. The van der Waals surface area contributed by atoms with E-state index in [0.717, 1.165) is 50.8 Å². The monoisotopic (exact) mass is 278 g/mol. The molecule has 2 aliphatic carbocycles. The molecule has 2 nitrogen and oxygen atoms in total. The zero-order valence-corrected chi connectivity index (χ0v) is 12.3. The lowest BCUT2D eigenvalue weighted by Gasteiger charge is -2.09. The van der Waals surface area contributed by atoms with Crippen molar-refractivity contribution in [2.45, 2.75) is 44.9 Å². The smallest absolute Gasteiger partial charge is 0.132 e. The lowest BCUT2D eigenvalue weighted by atomic mass is 10.1. The summed E-state index contributed by atoms with van der Waals surface area (Å²) in [7, 11) is 0. The average Bonchev–Trinajstić information content (AvgIpc) is 2.69. The van der Waals surface area contributed by atoms with Gasteiger partial charge in [-0.2, -0.15) is 0 Å². The van der Waals surface area contributed by atoms with Crippen LogP contribution in [0.3, 0.4) is 0 Å². The zero-order valence-electron chi connectivity index (χ0n) is 12.3. The summed E-state index contributed by atoms with van der Waals surface area (Å²) in [5, 5.41) is 0. The number of fused-ring (bicyclic) bond motifs is 1. The number of allylic oxidation sites excluding steroid dienone is 6. The molecule has 0 aromatic carbocycles. The Bertz CT molecular complexity index is 660. The molecule has 0 unspecified atom stereocenters. The van der Waals surface area contributed by atoms with Crippen LogP contribution in [0.2, 0.25) is 0 Å². The third-order valence-corrected chi connectivity index (χ3v) is 3.82. The van der Waals surface area contributed by atoms with Gasteiger partial charge in [0.15, 0.2) is 0 Å². The second-order valence-corrected chi connectivity index (χ2v) is 5.48. The van der Waals surface area contributed by atoms with Gasteiger partial charge in [0.1, 0.15) is 5.82 Å². The van der Waals surface area contributed by atoms with E-state index < -0.39 is 0 Å². The van der Waals surface area contributed by atoms with Crippen molar-refractivity contribution >= 4 is 0 Å². The minimum atomic E-state index is 0. The first-order valence-electron chi connectivity index (χ1n) is 7.72. The van der Waals surface area contributed by atoms with Gasteiger partial charge in [-0.15, -0.1) is 11.8 Å². The summed E-state index contributed by atoms with van der Waals surface area (Å²) in [6.07, 6.45) is 19.5. The predicted octanol–water partition coefficient (Wildman–Crippen LogP) is 3.98. The van der Waals surface area contributed by atoms with Crippen LogP contribution in [-0.4, -0.2) is 9.97 Å². The van der Waals surface area contributed by atoms with Gasteiger partial charge in [0.25, 0.3) is 0 Å². The highest BCUT2D eigenvalue weighted by Crippen LogP contribution is 2.16. The second kappa shape index (κ2) is 7.04. The van der Waals surface area contributed by atoms with Crippen LogP contribution < -0.4 is 0 Å². The fourth-order valence-corrected chi connectivity index (χ4v) is 2.67. The molecule has 0 atom stereocenters. The number of aromatic nitrogens is 2. The Morgan fingerprint density at radius 1 is 1.10 bits per heavy atom. The molecule has 0 amide bonds. The molecule has 0 aliphatic heterocycles. The van der Waals surface area contributed by atoms with Crippen molar-refractivity contribution in [3.05, 3.63) is 59.2 Å². The van der Waals surface area contributed by atoms with E-state index in [4.69, 9.17) is 4.98 Å². The summed E-state index contributed by atoms with van der Waals surface area (Å²) in [4.78, 5) is 9.39. The molecular formula is C19H22N2. The Balaban J connectivity index is 0.00000176. The average molecular weight is 278 g/mol. The van der Waals surface area contributed by atoms with Crippen LogP contribution in [-0.2, 0) is 19.3 Å². The summed E-state index contributed by atoms with van der Waals surface area (Å²) < 4.78 is 0. The van der Waals surface area contributed by atoms with Crippen molar-refractivity contribution in [3.8, 4) is 11.8 Å². The van der Waals surface area contributed by atoms with E-state index in [0.29, 0.717) is 0 Å². The molecule has 0 saturated heterocycles. The van der Waals surface area contributed by atoms with E-state index in [1.165, 1.54) is 16.8 Å². The first kappa shape index (κ1) is 13.8. The van der Waals surface area contributed by atoms with Gasteiger partial charge in [0, 0.05) is 39.0 Å². The Kier molecular flexibility index (Phi) is 4.63. The summed E-state index contributed by atoms with van der Waals surface area (Å²) in [5.41, 5.74) is 3.87. The molecule has 2 aliphatic rings. The van der Waals surface area contributed by atoms with Crippen molar-refractivity contribution in [1.29, 1.82) is 0 Å². The van der Waals surface area contributed by atoms with Crippen LogP contribution in [0.4, 0.5) is 0 Å². The van der Waals surface area contributed by atoms with Gasteiger partial charge >= 0.3 is 0 Å². The third kappa shape index (κ3) is 3.92. The number of rotatable bonds is 2. The van der Waals surface area contributed by atoms with Gasteiger partial charge in [-0.25, -0.2) is 9.97 Å². The molecule has 108 valence electrons. The first-order chi connectivity index (χ1) is 10.4. The topological polar surface area (TPSA) is 25.8 Å². The van der Waals surface area contributed by atoms with Crippen LogP contribution in [0.25, 0.3) is 0 Å². The lowest BCUT2D eigenvalue weighted by Crippen LogP contribution is -2.05. The Hall–Kier alpha value is -2.14. The summed E-state index contributed by atoms with van der Waals surface area (Å²) in [6, 6.07) is 0. The lowest BCUT2D eigenvalue weighted by molar-refractivity contribution is 0.796. The maximum Gasteiger partial charge on any atom is 0.132 e. The fraction of sp³-hybridized carbons (Fsp3) is 0.368. The van der Waals surface area contributed by atoms with Gasteiger partial charge in [-0.3, -0.25) is 0 Å². The second-order valence-electron chi connectivity index (χ2n) is 5.48. The van der Waals surface area contributed by atoms with Crippen LogP contribution in [0.5, 0.6) is 0 Å². The molecule has 1 heterocycles. The highest BCUT2D eigenvalue weighted by Gasteiger charge is 2.09. The van der Waals surface area contributed by atoms with Gasteiger partial charge in [0.2, 0.25) is 0 Å². The van der Waals surface area contributed by atoms with Gasteiger partial charge in [-0.05, 0) is 24.8 Å². The van der Waals surface area contributed by atoms with E-state index in [2.05, 4.69) is 47.2 Å². The summed E-state index contributed by atoms with van der Waals surface area (Å²) in [6.45, 7) is 0. The SMILES string of the molecule is C1#CCCc2nc(CC3=CC=CC=CC3)ncc2CCC1.[HH]. The molecule has 1 aromatic heterocycles. The van der Waals surface area contributed by atoms with Crippen molar-refractivity contribution in [2.24, 2.45) is 0 Å². The Labute approximate surface area is 128 Å². The molecule has 0 saturated carbocycles. The number of nitrogens with zero attached hydrogens (tertiary/aromatic N) is 2. The maximum atomic E-state index is 4.81. The first-order valence-corrected chi connectivity index (χ1v) is 7.72. The predicted molar refractivity (Wildman–Crippen MR) is 87.9 cm³/mol. The van der Waals surface area contributed by atoms with Crippen LogP contribution in [0.1, 0.15) is 44.2 Å². The largest absolute Gasteiger partial charge is 0.241 e. The van der Waals surface area contributed by atoms with Gasteiger partial charge < -0.3 is 0 Å². The molecule has 21 heavy (non-hydrogen) atoms. The molecule has 0 N–H and O–H groups in total. The van der Waals surface area contributed by atoms with Crippen molar-refractivity contribution in [1.82, 2.24) is 9.97 Å². The summed E-state index contributed by atoms with van der Waals surface area (Å²) >= 11 is 0. The van der Waals surface area contributed by atoms with E-state index in [1.54, 1.807) is 0 Å². The molecule has 0 bridgehead atoms. The van der Waals surface area contributed by atoms with Crippen LogP contribution in [0, 0.1) is 11.8 Å². The molecule has 2 heteroatoms. The Morgan fingerprint density at radius 2 is 2.05 bits per heavy atom. The van der Waals surface area contributed by atoms with E-state index in [1.807, 2.05) is 6.20 Å². The number of hydrogen-bond acceptors (Lipinski definition) is 2. The van der Waals surface area contributed by atoms with Crippen molar-refractivity contribution < 1.29 is 1.43 Å². The van der Waals surface area contributed by atoms with E-state index in [-0.39, 0.29) is 1.43 Å². The molecular weight excluding hydrogens is 256 g/mol. The minimum Gasteiger partial charge on any atom is -0.241 e. The number of hydrogen-bond donors (Lipinski definition) is 0. The molecule has 0 spiro atoms. The third-order valence-electron chi connectivity index (χ3n) is 3.82. The molecule has 0 radical (unpaired) electrons. The summed E-state index contributed by atoms with van der Waals surface area (Å²) in [5.74, 6) is 7.40. The highest BCUT2D eigenvalue weighted by atomic mass is 14.9. The quantitative estimate of drug-likeness (QED) is 0.765. The standard InChI is InChI=1S/C19H20N2.H2/c1-2-8-12-17-15-20-19(21-18(17)13-9-3-1)14-16-10-6-4-5-7-11-16;/h4-7,10,15H,2,8-9,11-14H2;1H. The van der Waals surface area contributed by atoms with Crippen LogP contribution >= 0.6 is 0 Å². The van der Waals surface area contributed by atoms with Crippen molar-refractivity contribution in [3.63, 3.8) is 0 Å². The molecule has 1 aromatic rings.